The molecule has 0 aromatic heterocycles. The summed E-state index contributed by atoms with van der Waals surface area (Å²) in [7, 11) is 0. The van der Waals surface area contributed by atoms with E-state index in [1.807, 2.05) is 158 Å². The zero-order chi connectivity index (χ0) is 31.8. The molecule has 0 unspecified atom stereocenters. The second-order valence-electron chi connectivity index (χ2n) is 10.00. The zero-order valence-corrected chi connectivity index (χ0v) is 25.0. The Labute approximate surface area is 268 Å². The predicted octanol–water partition coefficient (Wildman–Crippen LogP) is 8.77. The van der Waals surface area contributed by atoms with Gasteiger partial charge in [0.15, 0.2) is 0 Å². The molecule has 6 aromatic carbocycles. The van der Waals surface area contributed by atoms with Crippen molar-refractivity contribution in [3.05, 3.63) is 204 Å². The van der Waals surface area contributed by atoms with Gasteiger partial charge in [-0.05, 0) is 24.3 Å². The van der Waals surface area contributed by atoms with Gasteiger partial charge < -0.3 is 0 Å². The third-order valence-corrected chi connectivity index (χ3v) is 6.74. The summed E-state index contributed by atoms with van der Waals surface area (Å²) in [5.74, 6) is -0.222. The summed E-state index contributed by atoms with van der Waals surface area (Å²) in [6, 6.07) is 56.4. The minimum absolute atomic E-state index is 0.111. The van der Waals surface area contributed by atoms with Crippen LogP contribution in [0.3, 0.4) is 0 Å². The average Bonchev–Trinajstić information content (AvgIpc) is 3.14. The smallest absolute Gasteiger partial charge is 0.213 e. The zero-order valence-electron chi connectivity index (χ0n) is 25.0. The number of Topliss-reactive ketones (excluding diaryl/α,β-unsaturated/α-hetero) is 2. The van der Waals surface area contributed by atoms with E-state index in [2.05, 4.69) is 21.1 Å². The highest BCUT2D eigenvalue weighted by molar-refractivity contribution is 6.52. The third-order valence-electron chi connectivity index (χ3n) is 6.74. The van der Waals surface area contributed by atoms with Crippen LogP contribution < -0.4 is 10.9 Å². The molecular weight excluding hydrogens is 568 g/mol. The number of anilines is 2. The number of nitrogens with one attached hydrogen (secondary N) is 2. The molecule has 0 spiro atoms. The van der Waals surface area contributed by atoms with Crippen LogP contribution in [0.15, 0.2) is 192 Å². The lowest BCUT2D eigenvalue weighted by Crippen LogP contribution is -2.17. The molecule has 224 valence electrons. The minimum Gasteiger partial charge on any atom is -0.287 e. The molecule has 46 heavy (non-hydrogen) atoms. The first-order chi connectivity index (χ1) is 22.7. The van der Waals surface area contributed by atoms with Crippen LogP contribution in [-0.4, -0.2) is 23.0 Å². The lowest BCUT2D eigenvalue weighted by molar-refractivity contribution is 0.105. The normalized spacial score (nSPS) is 11.0. The van der Waals surface area contributed by atoms with Gasteiger partial charge in [0, 0.05) is 22.3 Å². The molecule has 2 N–H and O–H groups in total. The van der Waals surface area contributed by atoms with Crippen LogP contribution in [0.25, 0.3) is 0 Å². The van der Waals surface area contributed by atoms with Gasteiger partial charge in [0.05, 0.1) is 11.4 Å². The molecule has 6 rings (SSSR count). The monoisotopic (exact) mass is 600 g/mol. The Kier molecular flexibility index (Phi) is 11.1. The van der Waals surface area contributed by atoms with E-state index in [0.29, 0.717) is 22.6 Å². The largest absolute Gasteiger partial charge is 0.287 e. The SMILES string of the molecule is O=C(/C(=N/Nc1ccccc1)c1ccccc1)c1ccccc1.O=C(/C(=N/Nc1ccccc1)c1ccccc1)c1ccccc1. The summed E-state index contributed by atoms with van der Waals surface area (Å²) < 4.78 is 0. The van der Waals surface area contributed by atoms with Crippen molar-refractivity contribution in [1.29, 1.82) is 0 Å². The van der Waals surface area contributed by atoms with Crippen LogP contribution in [0.4, 0.5) is 11.4 Å². The molecule has 0 saturated carbocycles. The maximum Gasteiger partial charge on any atom is 0.213 e. The van der Waals surface area contributed by atoms with Crippen molar-refractivity contribution in [2.45, 2.75) is 0 Å². The Hall–Kier alpha value is -6.40. The number of hydrogen-bond donors (Lipinski definition) is 2. The van der Waals surface area contributed by atoms with Crippen LogP contribution in [0.2, 0.25) is 0 Å². The van der Waals surface area contributed by atoms with Crippen LogP contribution in [0.1, 0.15) is 31.8 Å². The number of carbonyl (C=O) groups excluding carboxylic acids is 2. The van der Waals surface area contributed by atoms with Gasteiger partial charge in [-0.25, -0.2) is 0 Å². The standard InChI is InChI=1S/2C20H16N2O/c2*23-20(17-12-6-2-7-13-17)19(16-10-4-1-5-11-16)22-21-18-14-8-3-9-15-18/h2*1-15,21H/b2*22-19+. The van der Waals surface area contributed by atoms with E-state index in [-0.39, 0.29) is 11.6 Å². The number of hydrazone groups is 2. The fourth-order valence-electron chi connectivity index (χ4n) is 4.40. The molecule has 0 bridgehead atoms. The van der Waals surface area contributed by atoms with Crippen LogP contribution in [0, 0.1) is 0 Å². The highest BCUT2D eigenvalue weighted by Crippen LogP contribution is 2.13. The van der Waals surface area contributed by atoms with Crippen LogP contribution in [-0.2, 0) is 0 Å². The second-order valence-corrected chi connectivity index (χ2v) is 10.00. The number of ketones is 2. The van der Waals surface area contributed by atoms with Crippen molar-refractivity contribution in [1.82, 2.24) is 0 Å². The summed E-state index contributed by atoms with van der Waals surface area (Å²) >= 11 is 0. The van der Waals surface area contributed by atoms with E-state index in [9.17, 15) is 9.59 Å². The van der Waals surface area contributed by atoms with Crippen molar-refractivity contribution >= 4 is 34.4 Å². The summed E-state index contributed by atoms with van der Waals surface area (Å²) in [6.07, 6.45) is 0. The Morgan fingerprint density at radius 3 is 0.848 bits per heavy atom. The van der Waals surface area contributed by atoms with E-state index in [0.717, 1.165) is 22.5 Å². The molecule has 6 nitrogen and oxygen atoms in total. The molecule has 0 aliphatic heterocycles. The summed E-state index contributed by atoms with van der Waals surface area (Å²) in [4.78, 5) is 25.6. The molecule has 0 heterocycles. The molecular formula is C40H32N4O2. The van der Waals surface area contributed by atoms with Crippen molar-refractivity contribution in [3.63, 3.8) is 0 Å². The number of nitrogens with zero attached hydrogens (tertiary/aromatic N) is 2. The highest BCUT2D eigenvalue weighted by atomic mass is 16.1. The van der Waals surface area contributed by atoms with E-state index in [1.165, 1.54) is 0 Å². The topological polar surface area (TPSA) is 82.9 Å². The maximum absolute atomic E-state index is 12.8. The highest BCUT2D eigenvalue weighted by Gasteiger charge is 2.17. The Morgan fingerprint density at radius 2 is 0.565 bits per heavy atom. The summed E-state index contributed by atoms with van der Waals surface area (Å²) in [5.41, 5.74) is 11.2. The Bertz CT molecular complexity index is 1740. The Morgan fingerprint density at radius 1 is 0.326 bits per heavy atom. The molecule has 0 atom stereocenters. The van der Waals surface area contributed by atoms with Gasteiger partial charge in [-0.3, -0.25) is 20.4 Å². The van der Waals surface area contributed by atoms with Gasteiger partial charge in [-0.1, -0.05) is 158 Å². The van der Waals surface area contributed by atoms with Gasteiger partial charge >= 0.3 is 0 Å². The number of carbonyl (C=O) groups is 2. The number of rotatable bonds is 10. The van der Waals surface area contributed by atoms with E-state index >= 15 is 0 Å². The first kappa shape index (κ1) is 31.0. The van der Waals surface area contributed by atoms with E-state index in [4.69, 9.17) is 0 Å². The molecule has 0 aliphatic rings. The molecule has 6 heteroatoms. The molecule has 0 saturated heterocycles. The lowest BCUT2D eigenvalue weighted by atomic mass is 10.0. The van der Waals surface area contributed by atoms with Crippen LogP contribution in [0.5, 0.6) is 0 Å². The average molecular weight is 601 g/mol. The maximum atomic E-state index is 12.8. The predicted molar refractivity (Wildman–Crippen MR) is 188 cm³/mol. The molecule has 6 aromatic rings. The molecule has 0 amide bonds. The number of hydrogen-bond acceptors (Lipinski definition) is 6. The fourth-order valence-corrected chi connectivity index (χ4v) is 4.40. The summed E-state index contributed by atoms with van der Waals surface area (Å²) in [5, 5.41) is 8.72. The first-order valence-corrected chi connectivity index (χ1v) is 14.8. The lowest BCUT2D eigenvalue weighted by Gasteiger charge is -2.07. The van der Waals surface area contributed by atoms with Gasteiger partial charge in [0.25, 0.3) is 0 Å². The van der Waals surface area contributed by atoms with Crippen LogP contribution >= 0.6 is 0 Å². The third kappa shape index (κ3) is 8.81. The van der Waals surface area contributed by atoms with Crippen molar-refractivity contribution in [2.24, 2.45) is 10.2 Å². The Balaban J connectivity index is 0.000000181. The quantitative estimate of drug-likeness (QED) is 0.0935. The van der Waals surface area contributed by atoms with Crippen molar-refractivity contribution in [2.75, 3.05) is 10.9 Å². The van der Waals surface area contributed by atoms with Crippen molar-refractivity contribution in [3.8, 4) is 0 Å². The van der Waals surface area contributed by atoms with Gasteiger partial charge in [-0.2, -0.15) is 10.2 Å². The van der Waals surface area contributed by atoms with Gasteiger partial charge in [0.1, 0.15) is 11.4 Å². The molecule has 0 radical (unpaired) electrons. The molecule has 0 fully saturated rings. The van der Waals surface area contributed by atoms with E-state index < -0.39 is 0 Å². The summed E-state index contributed by atoms with van der Waals surface area (Å²) in [6.45, 7) is 0. The first-order valence-electron chi connectivity index (χ1n) is 14.8. The fraction of sp³-hybridized carbons (Fsp3) is 0. The van der Waals surface area contributed by atoms with Gasteiger partial charge in [0.2, 0.25) is 11.6 Å². The molecule has 0 aliphatic carbocycles. The van der Waals surface area contributed by atoms with Crippen molar-refractivity contribution < 1.29 is 9.59 Å². The van der Waals surface area contributed by atoms with Gasteiger partial charge in [-0.15, -0.1) is 0 Å². The second kappa shape index (κ2) is 16.4. The van der Waals surface area contributed by atoms with E-state index in [1.54, 1.807) is 24.3 Å². The number of para-hydroxylation sites is 2. The minimum atomic E-state index is -0.111. The number of benzene rings is 6.